The quantitative estimate of drug-likeness (QED) is 0.386. The zero-order valence-corrected chi connectivity index (χ0v) is 11.6. The number of hydrogen-bond donors (Lipinski definition) is 2. The fourth-order valence-electron chi connectivity index (χ4n) is 1.40. The van der Waals surface area contributed by atoms with Crippen LogP contribution in [0, 0.1) is 0 Å². The summed E-state index contributed by atoms with van der Waals surface area (Å²) in [6.45, 7) is 4.36. The molecule has 19 heavy (non-hydrogen) atoms. The molecule has 2 N–H and O–H groups in total. The number of nitrogens with zero attached hydrogens (tertiary/aromatic N) is 1. The van der Waals surface area contributed by atoms with Crippen LogP contribution in [-0.4, -0.2) is 24.7 Å². The fourth-order valence-corrected chi connectivity index (χ4v) is 1.74. The van der Waals surface area contributed by atoms with Gasteiger partial charge in [0.25, 0.3) is 0 Å². The summed E-state index contributed by atoms with van der Waals surface area (Å²) in [6.07, 6.45) is 3.26. The fraction of sp³-hybridized carbons (Fsp3) is 0.167. The Balaban J connectivity index is 1.99. The zero-order valence-electron chi connectivity index (χ0n) is 9.98. The Morgan fingerprint density at radius 3 is 2.95 bits per heavy atom. The van der Waals surface area contributed by atoms with Gasteiger partial charge in [0.15, 0.2) is 16.6 Å². The van der Waals surface area contributed by atoms with Gasteiger partial charge in [-0.3, -0.25) is 5.43 Å². The number of nitrogens with one attached hydrogen (secondary N) is 2. The van der Waals surface area contributed by atoms with Crippen LogP contribution >= 0.6 is 23.8 Å². The molecule has 1 aliphatic rings. The molecule has 5 nitrogen and oxygen atoms in total. The Bertz CT molecular complexity index is 534. The van der Waals surface area contributed by atoms with Gasteiger partial charge in [0.1, 0.15) is 0 Å². The third kappa shape index (κ3) is 3.59. The summed E-state index contributed by atoms with van der Waals surface area (Å²) >= 11 is 11.1. The molecule has 0 fully saturated rings. The molecule has 0 atom stereocenters. The van der Waals surface area contributed by atoms with Crippen molar-refractivity contribution >= 4 is 35.1 Å². The Morgan fingerprint density at radius 2 is 2.21 bits per heavy atom. The second kappa shape index (κ2) is 6.40. The molecular formula is C12H12ClN3O2S. The highest BCUT2D eigenvalue weighted by Crippen LogP contribution is 2.36. The minimum atomic E-state index is 0.208. The van der Waals surface area contributed by atoms with Crippen molar-refractivity contribution in [1.29, 1.82) is 0 Å². The van der Waals surface area contributed by atoms with Crippen molar-refractivity contribution in [2.45, 2.75) is 0 Å². The maximum Gasteiger partial charge on any atom is 0.231 e. The van der Waals surface area contributed by atoms with E-state index in [1.807, 2.05) is 0 Å². The number of benzene rings is 1. The molecule has 7 heteroatoms. The maximum atomic E-state index is 6.09. The molecule has 0 saturated carbocycles. The van der Waals surface area contributed by atoms with Crippen LogP contribution in [0.1, 0.15) is 5.56 Å². The van der Waals surface area contributed by atoms with Crippen molar-refractivity contribution in [3.63, 3.8) is 0 Å². The van der Waals surface area contributed by atoms with Crippen molar-refractivity contribution < 1.29 is 9.47 Å². The Morgan fingerprint density at radius 1 is 1.47 bits per heavy atom. The average Bonchev–Trinajstić information content (AvgIpc) is 2.83. The Kier molecular flexibility index (Phi) is 4.59. The van der Waals surface area contributed by atoms with Gasteiger partial charge in [0.2, 0.25) is 6.79 Å². The second-order valence-electron chi connectivity index (χ2n) is 3.60. The molecule has 0 spiro atoms. The first-order valence-corrected chi connectivity index (χ1v) is 6.26. The lowest BCUT2D eigenvalue weighted by Gasteiger charge is -2.04. The molecule has 0 unspecified atom stereocenters. The van der Waals surface area contributed by atoms with E-state index in [0.29, 0.717) is 33.7 Å². The second-order valence-corrected chi connectivity index (χ2v) is 4.41. The topological polar surface area (TPSA) is 54.9 Å². The average molecular weight is 298 g/mol. The van der Waals surface area contributed by atoms with E-state index < -0.39 is 0 Å². The van der Waals surface area contributed by atoms with Gasteiger partial charge < -0.3 is 14.8 Å². The van der Waals surface area contributed by atoms with E-state index in [1.54, 1.807) is 24.4 Å². The van der Waals surface area contributed by atoms with Crippen LogP contribution in [0.4, 0.5) is 0 Å². The van der Waals surface area contributed by atoms with E-state index >= 15 is 0 Å². The predicted octanol–water partition coefficient (Wildman–Crippen LogP) is 2.05. The molecular weight excluding hydrogens is 286 g/mol. The maximum absolute atomic E-state index is 6.09. The molecule has 1 aromatic carbocycles. The number of ether oxygens (including phenoxy) is 2. The molecule has 2 rings (SSSR count). The smallest absolute Gasteiger partial charge is 0.231 e. The first kappa shape index (κ1) is 13.6. The molecule has 1 aliphatic heterocycles. The van der Waals surface area contributed by atoms with Gasteiger partial charge in [-0.2, -0.15) is 5.10 Å². The van der Waals surface area contributed by atoms with Crippen molar-refractivity contribution in [3.05, 3.63) is 35.4 Å². The van der Waals surface area contributed by atoms with Crippen LogP contribution < -0.4 is 20.2 Å². The summed E-state index contributed by atoms with van der Waals surface area (Å²) in [6, 6.07) is 3.45. The molecule has 0 radical (unpaired) electrons. The van der Waals surface area contributed by atoms with E-state index in [2.05, 4.69) is 22.4 Å². The summed E-state index contributed by atoms with van der Waals surface area (Å²) in [7, 11) is 0. The van der Waals surface area contributed by atoms with E-state index in [1.165, 1.54) is 0 Å². The summed E-state index contributed by atoms with van der Waals surface area (Å²) in [5, 5.41) is 7.81. The van der Waals surface area contributed by atoms with Gasteiger partial charge in [-0.15, -0.1) is 6.58 Å². The van der Waals surface area contributed by atoms with Crippen LogP contribution in [0.3, 0.4) is 0 Å². The number of thiocarbonyl (C=S) groups is 1. The van der Waals surface area contributed by atoms with Crippen molar-refractivity contribution in [1.82, 2.24) is 10.7 Å². The Labute approximate surface area is 121 Å². The lowest BCUT2D eigenvalue weighted by molar-refractivity contribution is 0.174. The molecule has 0 amide bonds. The lowest BCUT2D eigenvalue weighted by Crippen LogP contribution is -2.31. The number of hydrogen-bond acceptors (Lipinski definition) is 4. The molecule has 0 aliphatic carbocycles. The Hall–Kier alpha value is -1.79. The third-order valence-corrected chi connectivity index (χ3v) is 2.83. The first-order valence-electron chi connectivity index (χ1n) is 5.47. The number of fused-ring (bicyclic) bond motifs is 1. The molecule has 0 aromatic heterocycles. The predicted molar refractivity (Wildman–Crippen MR) is 79.1 cm³/mol. The lowest BCUT2D eigenvalue weighted by atomic mass is 10.2. The minimum absolute atomic E-state index is 0.208. The first-order chi connectivity index (χ1) is 9.20. The molecule has 1 aromatic rings. The minimum Gasteiger partial charge on any atom is -0.454 e. The normalized spacial score (nSPS) is 12.5. The highest BCUT2D eigenvalue weighted by atomic mass is 35.5. The number of hydrazone groups is 1. The van der Waals surface area contributed by atoms with E-state index in [-0.39, 0.29) is 6.79 Å². The van der Waals surface area contributed by atoms with Crippen LogP contribution in [-0.2, 0) is 0 Å². The van der Waals surface area contributed by atoms with Gasteiger partial charge in [-0.05, 0) is 18.3 Å². The highest BCUT2D eigenvalue weighted by Gasteiger charge is 2.15. The zero-order chi connectivity index (χ0) is 13.7. The van der Waals surface area contributed by atoms with Gasteiger partial charge in [0.05, 0.1) is 11.2 Å². The summed E-state index contributed by atoms with van der Waals surface area (Å²) < 4.78 is 10.5. The van der Waals surface area contributed by atoms with Crippen molar-refractivity contribution in [2.75, 3.05) is 13.3 Å². The van der Waals surface area contributed by atoms with Gasteiger partial charge in [-0.25, -0.2) is 0 Å². The van der Waals surface area contributed by atoms with Crippen molar-refractivity contribution in [3.8, 4) is 11.5 Å². The largest absolute Gasteiger partial charge is 0.454 e. The molecule has 0 bridgehead atoms. The third-order valence-electron chi connectivity index (χ3n) is 2.27. The standard InChI is InChI=1S/C12H12ClN3O2S/c1-2-3-14-12(19)16-15-6-8-4-10-11(5-9(8)13)18-7-17-10/h2,4-6H,1,3,7H2,(H2,14,16,19)/b15-6-. The summed E-state index contributed by atoms with van der Waals surface area (Å²) in [5.74, 6) is 1.29. The highest BCUT2D eigenvalue weighted by molar-refractivity contribution is 7.80. The van der Waals surface area contributed by atoms with E-state index in [0.717, 1.165) is 0 Å². The SMILES string of the molecule is C=CCNC(=S)N/N=C\c1cc2c(cc1Cl)OCO2. The van der Waals surface area contributed by atoms with Crippen LogP contribution in [0.15, 0.2) is 29.9 Å². The summed E-state index contributed by atoms with van der Waals surface area (Å²) in [5.41, 5.74) is 3.39. The summed E-state index contributed by atoms with van der Waals surface area (Å²) in [4.78, 5) is 0. The van der Waals surface area contributed by atoms with E-state index in [4.69, 9.17) is 33.3 Å². The molecule has 100 valence electrons. The molecule has 0 saturated heterocycles. The van der Waals surface area contributed by atoms with E-state index in [9.17, 15) is 0 Å². The number of rotatable bonds is 4. The van der Waals surface area contributed by atoms with Crippen LogP contribution in [0.5, 0.6) is 11.5 Å². The van der Waals surface area contributed by atoms with Gasteiger partial charge >= 0.3 is 0 Å². The van der Waals surface area contributed by atoms with Crippen molar-refractivity contribution in [2.24, 2.45) is 5.10 Å². The van der Waals surface area contributed by atoms with Crippen LogP contribution in [0.25, 0.3) is 0 Å². The monoisotopic (exact) mass is 297 g/mol. The van der Waals surface area contributed by atoms with Crippen LogP contribution in [0.2, 0.25) is 5.02 Å². The van der Waals surface area contributed by atoms with Gasteiger partial charge in [-0.1, -0.05) is 17.7 Å². The molecule has 1 heterocycles. The number of halogens is 1. The van der Waals surface area contributed by atoms with Gasteiger partial charge in [0, 0.05) is 18.2 Å².